The van der Waals surface area contributed by atoms with E-state index < -0.39 is 11.9 Å². The molecule has 0 saturated heterocycles. The van der Waals surface area contributed by atoms with Crippen molar-refractivity contribution in [2.75, 3.05) is 13.7 Å². The summed E-state index contributed by atoms with van der Waals surface area (Å²) in [4.78, 5) is 23.7. The molecule has 0 bridgehead atoms. The number of ether oxygens (including phenoxy) is 1. The third kappa shape index (κ3) is 4.85. The Morgan fingerprint density at radius 3 is 2.60 bits per heavy atom. The van der Waals surface area contributed by atoms with Crippen LogP contribution in [0.4, 0.5) is 0 Å². The Labute approximate surface area is 123 Å². The summed E-state index contributed by atoms with van der Waals surface area (Å²) in [6.45, 7) is 6.06. The summed E-state index contributed by atoms with van der Waals surface area (Å²) in [7, 11) is 1.50. The zero-order valence-corrected chi connectivity index (χ0v) is 13.0. The highest BCUT2D eigenvalue weighted by molar-refractivity contribution is 7.12. The Morgan fingerprint density at radius 1 is 1.45 bits per heavy atom. The lowest BCUT2D eigenvalue weighted by molar-refractivity contribution is -0.142. The van der Waals surface area contributed by atoms with Gasteiger partial charge in [-0.05, 0) is 23.3 Å². The molecule has 1 atom stereocenters. The first-order chi connectivity index (χ1) is 9.24. The molecule has 1 aromatic heterocycles. The number of carboxylic acid groups (broad SMARTS) is 1. The van der Waals surface area contributed by atoms with Gasteiger partial charge in [-0.25, -0.2) is 0 Å². The van der Waals surface area contributed by atoms with Crippen LogP contribution >= 0.6 is 11.3 Å². The molecule has 1 aromatic rings. The van der Waals surface area contributed by atoms with Crippen LogP contribution in [-0.4, -0.2) is 30.6 Å². The Hall–Kier alpha value is -1.56. The Bertz CT molecular complexity index is 476. The largest absolute Gasteiger partial charge is 0.495 e. The van der Waals surface area contributed by atoms with Crippen LogP contribution in [-0.2, 0) is 4.79 Å². The highest BCUT2D eigenvalue weighted by Crippen LogP contribution is 2.26. The first-order valence-electron chi connectivity index (χ1n) is 6.37. The van der Waals surface area contributed by atoms with E-state index in [9.17, 15) is 14.7 Å². The van der Waals surface area contributed by atoms with Crippen LogP contribution in [0.5, 0.6) is 5.75 Å². The van der Waals surface area contributed by atoms with Gasteiger partial charge in [0.25, 0.3) is 5.91 Å². The lowest BCUT2D eigenvalue weighted by Gasteiger charge is -2.23. The molecule has 1 amide bonds. The monoisotopic (exact) mass is 299 g/mol. The predicted octanol–water partition coefficient (Wildman–Crippen LogP) is 2.62. The molecular weight excluding hydrogens is 278 g/mol. The lowest BCUT2D eigenvalue weighted by Crippen LogP contribution is -2.34. The number of carboxylic acids is 1. The molecule has 0 aliphatic heterocycles. The highest BCUT2D eigenvalue weighted by Gasteiger charge is 2.25. The maximum atomic E-state index is 12.0. The molecule has 1 heterocycles. The van der Waals surface area contributed by atoms with Gasteiger partial charge in [0.2, 0.25) is 0 Å². The fourth-order valence-electron chi connectivity index (χ4n) is 1.91. The van der Waals surface area contributed by atoms with Crippen molar-refractivity contribution in [3.8, 4) is 5.75 Å². The second-order valence-corrected chi connectivity index (χ2v) is 6.74. The summed E-state index contributed by atoms with van der Waals surface area (Å²) in [6.07, 6.45) is 0.504. The first-order valence-corrected chi connectivity index (χ1v) is 7.25. The molecule has 2 N–H and O–H groups in total. The van der Waals surface area contributed by atoms with E-state index in [1.54, 1.807) is 11.4 Å². The maximum Gasteiger partial charge on any atom is 0.308 e. The van der Waals surface area contributed by atoms with Crippen LogP contribution in [0.25, 0.3) is 0 Å². The van der Waals surface area contributed by atoms with Gasteiger partial charge in [-0.1, -0.05) is 20.8 Å². The summed E-state index contributed by atoms with van der Waals surface area (Å²) >= 11 is 1.27. The third-order valence-electron chi connectivity index (χ3n) is 2.77. The Balaban J connectivity index is 2.64. The number of carbonyl (C=O) groups is 2. The molecule has 1 rings (SSSR count). The van der Waals surface area contributed by atoms with Gasteiger partial charge in [-0.15, -0.1) is 11.3 Å². The van der Waals surface area contributed by atoms with E-state index in [2.05, 4.69) is 5.32 Å². The number of methoxy groups -OCH3 is 1. The standard InChI is InChI=1S/C14H21NO4S/c1-14(2,3)7-9(13(17)18)8-15-12(16)11-10(19-4)5-6-20-11/h5-6,9H,7-8H2,1-4H3,(H,15,16)(H,17,18). The quantitative estimate of drug-likeness (QED) is 0.846. The fraction of sp³-hybridized carbons (Fsp3) is 0.571. The average molecular weight is 299 g/mol. The van der Waals surface area contributed by atoms with Crippen molar-refractivity contribution >= 4 is 23.2 Å². The second kappa shape index (κ2) is 6.74. The zero-order chi connectivity index (χ0) is 15.3. The van der Waals surface area contributed by atoms with E-state index in [1.807, 2.05) is 20.8 Å². The van der Waals surface area contributed by atoms with Crippen LogP contribution in [0, 0.1) is 11.3 Å². The molecule has 0 aromatic carbocycles. The predicted molar refractivity (Wildman–Crippen MR) is 78.4 cm³/mol. The van der Waals surface area contributed by atoms with E-state index in [0.717, 1.165) is 0 Å². The van der Waals surface area contributed by atoms with Gasteiger partial charge < -0.3 is 15.2 Å². The van der Waals surface area contributed by atoms with Gasteiger partial charge in [0, 0.05) is 6.54 Å². The van der Waals surface area contributed by atoms with Crippen molar-refractivity contribution in [3.05, 3.63) is 16.3 Å². The minimum Gasteiger partial charge on any atom is -0.495 e. The average Bonchev–Trinajstić information content (AvgIpc) is 2.80. The highest BCUT2D eigenvalue weighted by atomic mass is 32.1. The number of thiophene rings is 1. The molecule has 20 heavy (non-hydrogen) atoms. The van der Waals surface area contributed by atoms with Crippen LogP contribution < -0.4 is 10.1 Å². The van der Waals surface area contributed by atoms with Crippen molar-refractivity contribution < 1.29 is 19.4 Å². The van der Waals surface area contributed by atoms with Crippen molar-refractivity contribution in [3.63, 3.8) is 0 Å². The number of hydrogen-bond donors (Lipinski definition) is 2. The van der Waals surface area contributed by atoms with Crippen molar-refractivity contribution in [1.29, 1.82) is 0 Å². The topological polar surface area (TPSA) is 75.6 Å². The van der Waals surface area contributed by atoms with Crippen LogP contribution in [0.1, 0.15) is 36.9 Å². The van der Waals surface area contributed by atoms with E-state index >= 15 is 0 Å². The maximum absolute atomic E-state index is 12.0. The van der Waals surface area contributed by atoms with Gasteiger partial charge in [0.15, 0.2) is 0 Å². The minimum absolute atomic E-state index is 0.103. The zero-order valence-electron chi connectivity index (χ0n) is 12.2. The molecule has 0 aliphatic rings. The SMILES string of the molecule is COc1ccsc1C(=O)NCC(CC(C)(C)C)C(=O)O. The molecule has 0 saturated carbocycles. The summed E-state index contributed by atoms with van der Waals surface area (Å²) in [6, 6.07) is 1.71. The molecule has 0 aliphatic carbocycles. The number of nitrogens with one attached hydrogen (secondary N) is 1. The summed E-state index contributed by atoms with van der Waals surface area (Å²) in [5.41, 5.74) is -0.103. The van der Waals surface area contributed by atoms with E-state index in [0.29, 0.717) is 17.0 Å². The van der Waals surface area contributed by atoms with Gasteiger partial charge in [-0.2, -0.15) is 0 Å². The van der Waals surface area contributed by atoms with Crippen molar-refractivity contribution in [2.24, 2.45) is 11.3 Å². The molecule has 0 fully saturated rings. The third-order valence-corrected chi connectivity index (χ3v) is 3.67. The molecule has 1 unspecified atom stereocenters. The molecule has 6 heteroatoms. The summed E-state index contributed by atoms with van der Waals surface area (Å²) in [5.74, 6) is -1.27. The number of aliphatic carboxylic acids is 1. The van der Waals surface area contributed by atoms with E-state index in [1.165, 1.54) is 18.4 Å². The molecule has 112 valence electrons. The van der Waals surface area contributed by atoms with Gasteiger partial charge >= 0.3 is 5.97 Å². The number of amides is 1. The lowest BCUT2D eigenvalue weighted by atomic mass is 9.84. The van der Waals surface area contributed by atoms with Gasteiger partial charge in [0.05, 0.1) is 13.0 Å². The smallest absolute Gasteiger partial charge is 0.308 e. The molecule has 0 spiro atoms. The second-order valence-electron chi connectivity index (χ2n) is 5.83. The van der Waals surface area contributed by atoms with Crippen molar-refractivity contribution in [2.45, 2.75) is 27.2 Å². The van der Waals surface area contributed by atoms with Gasteiger partial charge in [-0.3, -0.25) is 9.59 Å². The Kier molecular flexibility index (Phi) is 5.56. The normalized spacial score (nSPS) is 12.8. The number of rotatable bonds is 6. The minimum atomic E-state index is -0.890. The van der Waals surface area contributed by atoms with Crippen LogP contribution in [0.15, 0.2) is 11.4 Å². The molecular formula is C14H21NO4S. The first kappa shape index (κ1) is 16.5. The summed E-state index contributed by atoms with van der Waals surface area (Å²) < 4.78 is 5.07. The van der Waals surface area contributed by atoms with Crippen LogP contribution in [0.3, 0.4) is 0 Å². The van der Waals surface area contributed by atoms with Crippen molar-refractivity contribution in [1.82, 2.24) is 5.32 Å². The Morgan fingerprint density at radius 2 is 2.10 bits per heavy atom. The summed E-state index contributed by atoms with van der Waals surface area (Å²) in [5, 5.41) is 13.6. The number of carbonyl (C=O) groups excluding carboxylic acids is 1. The van der Waals surface area contributed by atoms with Crippen LogP contribution in [0.2, 0.25) is 0 Å². The van der Waals surface area contributed by atoms with E-state index in [-0.39, 0.29) is 17.9 Å². The fourth-order valence-corrected chi connectivity index (χ4v) is 2.68. The van der Waals surface area contributed by atoms with E-state index in [4.69, 9.17) is 4.74 Å². The van der Waals surface area contributed by atoms with Gasteiger partial charge in [0.1, 0.15) is 10.6 Å². The molecule has 0 radical (unpaired) electrons. The number of hydrogen-bond acceptors (Lipinski definition) is 4. The molecule has 5 nitrogen and oxygen atoms in total.